The molecule has 3 aromatic rings. The van der Waals surface area contributed by atoms with Crippen LogP contribution in [0.2, 0.25) is 0 Å². The molecule has 0 fully saturated rings. The summed E-state index contributed by atoms with van der Waals surface area (Å²) in [7, 11) is 0. The highest BCUT2D eigenvalue weighted by Gasteiger charge is 2.04. The second kappa shape index (κ2) is 5.08. The second-order valence-electron chi connectivity index (χ2n) is 4.51. The summed E-state index contributed by atoms with van der Waals surface area (Å²) in [5.74, 6) is 0.564. The molecule has 100 valence electrons. The number of rotatable bonds is 3. The van der Waals surface area contributed by atoms with E-state index in [4.69, 9.17) is 0 Å². The van der Waals surface area contributed by atoms with Crippen LogP contribution < -0.4 is 5.56 Å². The third-order valence-corrected chi connectivity index (χ3v) is 2.96. The summed E-state index contributed by atoms with van der Waals surface area (Å²) in [5.41, 5.74) is 2.07. The smallest absolute Gasteiger partial charge is 0.267 e. The van der Waals surface area contributed by atoms with Gasteiger partial charge in [-0.3, -0.25) is 4.79 Å². The molecule has 6 heteroatoms. The highest BCUT2D eigenvalue weighted by atomic mass is 16.1. The molecule has 0 atom stereocenters. The minimum absolute atomic E-state index is 0.144. The topological polar surface area (TPSA) is 65.6 Å². The molecule has 0 N–H and O–H groups in total. The maximum Gasteiger partial charge on any atom is 0.267 e. The molecule has 6 nitrogen and oxygen atoms in total. The Bertz CT molecular complexity index is 759. The van der Waals surface area contributed by atoms with Crippen LogP contribution in [0.15, 0.2) is 53.8 Å². The highest BCUT2D eigenvalue weighted by Crippen LogP contribution is 2.04. The van der Waals surface area contributed by atoms with Crippen molar-refractivity contribution in [1.29, 1.82) is 0 Å². The molecule has 0 bridgehead atoms. The van der Waals surface area contributed by atoms with Crippen molar-refractivity contribution in [3.05, 3.63) is 70.5 Å². The monoisotopic (exact) mass is 267 g/mol. The van der Waals surface area contributed by atoms with Crippen molar-refractivity contribution in [1.82, 2.24) is 24.5 Å². The van der Waals surface area contributed by atoms with E-state index in [0.29, 0.717) is 12.4 Å². The fourth-order valence-electron chi connectivity index (χ4n) is 1.87. The predicted octanol–water partition coefficient (Wildman–Crippen LogP) is 1.18. The largest absolute Gasteiger partial charge is 0.268 e. The van der Waals surface area contributed by atoms with Crippen molar-refractivity contribution in [2.24, 2.45) is 0 Å². The molecule has 0 unspecified atom stereocenters. The zero-order valence-electron chi connectivity index (χ0n) is 11.0. The van der Waals surface area contributed by atoms with Gasteiger partial charge in [0.25, 0.3) is 5.56 Å². The normalized spacial score (nSPS) is 10.7. The molecule has 0 spiro atoms. The fourth-order valence-corrected chi connectivity index (χ4v) is 1.87. The average Bonchev–Trinajstić information content (AvgIpc) is 2.98. The maximum absolute atomic E-state index is 11.9. The molecule has 0 aliphatic heterocycles. The van der Waals surface area contributed by atoms with E-state index < -0.39 is 0 Å². The van der Waals surface area contributed by atoms with Gasteiger partial charge >= 0.3 is 0 Å². The quantitative estimate of drug-likeness (QED) is 0.714. The predicted molar refractivity (Wildman–Crippen MR) is 73.7 cm³/mol. The van der Waals surface area contributed by atoms with E-state index in [1.54, 1.807) is 12.4 Å². The lowest BCUT2D eigenvalue weighted by atomic mass is 10.1. The van der Waals surface area contributed by atoms with Crippen LogP contribution in [-0.4, -0.2) is 24.5 Å². The minimum Gasteiger partial charge on any atom is -0.268 e. The Labute approximate surface area is 115 Å². The van der Waals surface area contributed by atoms with Gasteiger partial charge in [-0.1, -0.05) is 29.8 Å². The molecule has 2 heterocycles. The summed E-state index contributed by atoms with van der Waals surface area (Å²) in [6.45, 7) is 2.46. The van der Waals surface area contributed by atoms with Crippen molar-refractivity contribution in [3.8, 4) is 5.82 Å². The van der Waals surface area contributed by atoms with Gasteiger partial charge in [0.05, 0.1) is 6.54 Å². The van der Waals surface area contributed by atoms with E-state index in [9.17, 15) is 4.79 Å². The van der Waals surface area contributed by atoms with Crippen LogP contribution >= 0.6 is 0 Å². The first-order valence-corrected chi connectivity index (χ1v) is 6.21. The maximum atomic E-state index is 11.9. The lowest BCUT2D eigenvalue weighted by Gasteiger charge is -2.07. The van der Waals surface area contributed by atoms with Gasteiger partial charge in [-0.25, -0.2) is 14.3 Å². The molecule has 20 heavy (non-hydrogen) atoms. The molecule has 0 radical (unpaired) electrons. The van der Waals surface area contributed by atoms with Crippen LogP contribution in [0.4, 0.5) is 0 Å². The number of benzene rings is 1. The third kappa shape index (κ3) is 2.49. The molecule has 2 aromatic heterocycles. The third-order valence-electron chi connectivity index (χ3n) is 2.96. The fraction of sp³-hybridized carbons (Fsp3) is 0.143. The van der Waals surface area contributed by atoms with Crippen molar-refractivity contribution in [3.63, 3.8) is 0 Å². The molecule has 3 rings (SSSR count). The van der Waals surface area contributed by atoms with Crippen molar-refractivity contribution >= 4 is 0 Å². The SMILES string of the molecule is Cc1ccc(Cn2nc(-n3cncn3)ccc2=O)cc1. The number of hydrogen-bond acceptors (Lipinski definition) is 4. The van der Waals surface area contributed by atoms with Crippen LogP contribution in [0.1, 0.15) is 11.1 Å². The van der Waals surface area contributed by atoms with Gasteiger partial charge in [-0.05, 0) is 18.6 Å². The Hall–Kier alpha value is -2.76. The molecule has 0 saturated heterocycles. The standard InChI is InChI=1S/C14H13N5O/c1-11-2-4-12(5-3-11)8-18-14(20)7-6-13(17-18)19-10-15-9-16-19/h2-7,9-10H,8H2,1H3. The molecule has 0 saturated carbocycles. The zero-order chi connectivity index (χ0) is 13.9. The zero-order valence-corrected chi connectivity index (χ0v) is 11.0. The summed E-state index contributed by atoms with van der Waals surface area (Å²) in [5, 5.41) is 8.30. The van der Waals surface area contributed by atoms with Crippen LogP contribution in [0.5, 0.6) is 0 Å². The van der Waals surface area contributed by atoms with Crippen molar-refractivity contribution in [2.75, 3.05) is 0 Å². The van der Waals surface area contributed by atoms with Gasteiger partial charge in [0.1, 0.15) is 12.7 Å². The van der Waals surface area contributed by atoms with Crippen LogP contribution in [0, 0.1) is 6.92 Å². The van der Waals surface area contributed by atoms with Gasteiger partial charge in [0.2, 0.25) is 0 Å². The van der Waals surface area contributed by atoms with Crippen molar-refractivity contribution < 1.29 is 0 Å². The van der Waals surface area contributed by atoms with E-state index in [1.807, 2.05) is 31.2 Å². The molecule has 0 aliphatic rings. The first-order chi connectivity index (χ1) is 9.72. The van der Waals surface area contributed by atoms with E-state index in [2.05, 4.69) is 15.2 Å². The highest BCUT2D eigenvalue weighted by molar-refractivity contribution is 5.22. The summed E-state index contributed by atoms with van der Waals surface area (Å²) < 4.78 is 2.94. The van der Waals surface area contributed by atoms with Gasteiger partial charge < -0.3 is 0 Å². The summed E-state index contributed by atoms with van der Waals surface area (Å²) in [4.78, 5) is 15.7. The Balaban J connectivity index is 1.95. The van der Waals surface area contributed by atoms with Gasteiger partial charge in [0, 0.05) is 6.07 Å². The van der Waals surface area contributed by atoms with E-state index in [-0.39, 0.29) is 5.56 Å². The minimum atomic E-state index is -0.144. The second-order valence-corrected chi connectivity index (χ2v) is 4.51. The van der Waals surface area contributed by atoms with Crippen molar-refractivity contribution in [2.45, 2.75) is 13.5 Å². The van der Waals surface area contributed by atoms with Gasteiger partial charge in [-0.15, -0.1) is 5.10 Å². The Kier molecular flexibility index (Phi) is 3.12. The molecule has 0 aliphatic carbocycles. The average molecular weight is 267 g/mol. The lowest BCUT2D eigenvalue weighted by Crippen LogP contribution is -2.24. The number of aryl methyl sites for hydroxylation is 1. The summed E-state index contributed by atoms with van der Waals surface area (Å²) in [6.07, 6.45) is 2.97. The van der Waals surface area contributed by atoms with Crippen LogP contribution in [-0.2, 0) is 6.54 Å². The number of hydrogen-bond donors (Lipinski definition) is 0. The molecular formula is C14H13N5O. The van der Waals surface area contributed by atoms with Crippen LogP contribution in [0.25, 0.3) is 5.82 Å². The summed E-state index contributed by atoms with van der Waals surface area (Å²) in [6, 6.07) is 11.1. The van der Waals surface area contributed by atoms with E-state index in [0.717, 1.165) is 5.56 Å². The Morgan fingerprint density at radius 2 is 1.90 bits per heavy atom. The molecule has 1 aromatic carbocycles. The van der Waals surface area contributed by atoms with Gasteiger partial charge in [-0.2, -0.15) is 5.10 Å². The Morgan fingerprint density at radius 1 is 1.10 bits per heavy atom. The van der Waals surface area contributed by atoms with Gasteiger partial charge in [0.15, 0.2) is 5.82 Å². The Morgan fingerprint density at radius 3 is 2.60 bits per heavy atom. The lowest BCUT2D eigenvalue weighted by molar-refractivity contribution is 0.618. The molecule has 0 amide bonds. The number of nitrogens with zero attached hydrogens (tertiary/aromatic N) is 5. The van der Waals surface area contributed by atoms with Crippen LogP contribution in [0.3, 0.4) is 0 Å². The first-order valence-electron chi connectivity index (χ1n) is 6.21. The first kappa shape index (κ1) is 12.3. The van der Waals surface area contributed by atoms with E-state index in [1.165, 1.54) is 27.3 Å². The molecular weight excluding hydrogens is 254 g/mol. The number of aromatic nitrogens is 5. The summed E-state index contributed by atoms with van der Waals surface area (Å²) >= 11 is 0. The van der Waals surface area contributed by atoms with E-state index >= 15 is 0 Å².